The number of nitrogens with zero attached hydrogens (tertiary/aromatic N) is 1. The van der Waals surface area contributed by atoms with Crippen molar-refractivity contribution in [2.24, 2.45) is 4.99 Å². The molecule has 0 amide bonds. The Hall–Kier alpha value is -0.370. The van der Waals surface area contributed by atoms with Crippen LogP contribution >= 0.6 is 0 Å². The zero-order valence-corrected chi connectivity index (χ0v) is 6.34. The molecule has 57 valence electrons. The van der Waals surface area contributed by atoms with E-state index in [1.54, 1.807) is 0 Å². The molecule has 0 aromatic carbocycles. The topological polar surface area (TPSA) is 24.4 Å². The number of hydrogen-bond acceptors (Lipinski definition) is 2. The van der Waals surface area contributed by atoms with Gasteiger partial charge in [-0.2, -0.15) is 0 Å². The van der Waals surface area contributed by atoms with Crippen LogP contribution in [0.2, 0.25) is 0 Å². The lowest BCUT2D eigenvalue weighted by molar-refractivity contribution is 0.479. The summed E-state index contributed by atoms with van der Waals surface area (Å²) in [6.45, 7) is 4.88. The molecule has 1 rings (SSSR count). The molecular formula is C8H15N2. The van der Waals surface area contributed by atoms with E-state index in [-0.39, 0.29) is 0 Å². The van der Waals surface area contributed by atoms with Crippen LogP contribution in [0.5, 0.6) is 0 Å². The number of aliphatic imine (C=N–C) groups is 1. The van der Waals surface area contributed by atoms with Crippen molar-refractivity contribution in [1.82, 2.24) is 5.32 Å². The van der Waals surface area contributed by atoms with Gasteiger partial charge in [-0.05, 0) is 19.3 Å². The predicted octanol–water partition coefficient (Wildman–Crippen LogP) is 1.38. The third-order valence-corrected chi connectivity index (χ3v) is 1.67. The molecule has 10 heavy (non-hydrogen) atoms. The van der Waals surface area contributed by atoms with Crippen molar-refractivity contribution in [1.29, 1.82) is 0 Å². The fourth-order valence-electron chi connectivity index (χ4n) is 1.08. The Morgan fingerprint density at radius 3 is 3.20 bits per heavy atom. The van der Waals surface area contributed by atoms with Crippen molar-refractivity contribution < 1.29 is 0 Å². The Labute approximate surface area is 62.7 Å². The van der Waals surface area contributed by atoms with Gasteiger partial charge in [0.25, 0.3) is 0 Å². The fraction of sp³-hybridized carbons (Fsp3) is 0.750. The summed E-state index contributed by atoms with van der Waals surface area (Å²) < 4.78 is 0. The Kier molecular flexibility index (Phi) is 3.44. The van der Waals surface area contributed by atoms with Gasteiger partial charge in [-0.15, -0.1) is 0 Å². The van der Waals surface area contributed by atoms with E-state index < -0.39 is 0 Å². The van der Waals surface area contributed by atoms with Gasteiger partial charge in [0.1, 0.15) is 0 Å². The van der Waals surface area contributed by atoms with E-state index in [9.17, 15) is 0 Å². The second-order valence-electron chi connectivity index (χ2n) is 2.59. The molecule has 1 N–H and O–H groups in total. The number of unbranched alkanes of at least 4 members (excludes halogenated alkanes) is 1. The Morgan fingerprint density at radius 1 is 1.70 bits per heavy atom. The maximum atomic E-state index is 4.30. The van der Waals surface area contributed by atoms with Gasteiger partial charge in [0.15, 0.2) is 0 Å². The molecule has 0 aromatic rings. The number of nitrogens with one attached hydrogen (secondary N) is 1. The van der Waals surface area contributed by atoms with E-state index >= 15 is 0 Å². The highest BCUT2D eigenvalue weighted by molar-refractivity contribution is 5.58. The van der Waals surface area contributed by atoms with Gasteiger partial charge in [-0.25, -0.2) is 0 Å². The largest absolute Gasteiger partial charge is 0.295 e. The lowest BCUT2D eigenvalue weighted by Crippen LogP contribution is -2.31. The van der Waals surface area contributed by atoms with Crippen molar-refractivity contribution >= 4 is 6.21 Å². The summed E-state index contributed by atoms with van der Waals surface area (Å²) in [5.74, 6) is 0. The quantitative estimate of drug-likeness (QED) is 0.627. The van der Waals surface area contributed by atoms with E-state index in [0.717, 1.165) is 25.8 Å². The highest BCUT2D eigenvalue weighted by atomic mass is 15.1. The molecule has 1 heterocycles. The summed E-state index contributed by atoms with van der Waals surface area (Å²) in [4.78, 5) is 4.30. The second-order valence-corrected chi connectivity index (χ2v) is 2.59. The van der Waals surface area contributed by atoms with Crippen molar-refractivity contribution in [3.63, 3.8) is 0 Å². The van der Waals surface area contributed by atoms with Crippen LogP contribution in [0.3, 0.4) is 0 Å². The lowest BCUT2D eigenvalue weighted by atomic mass is 10.2. The van der Waals surface area contributed by atoms with Gasteiger partial charge in [0.2, 0.25) is 0 Å². The molecule has 1 aliphatic rings. The van der Waals surface area contributed by atoms with Crippen molar-refractivity contribution in [3.05, 3.63) is 6.92 Å². The van der Waals surface area contributed by atoms with Crippen LogP contribution in [0, 0.1) is 6.92 Å². The number of hydrogen-bond donors (Lipinski definition) is 1. The zero-order chi connectivity index (χ0) is 7.23. The standard InChI is InChI=1S/C8H15N2/c1-2-3-5-8-9-6-4-7-10-8/h6,8,10H,1-5,7H2. The van der Waals surface area contributed by atoms with Crippen molar-refractivity contribution in [3.8, 4) is 0 Å². The van der Waals surface area contributed by atoms with Gasteiger partial charge in [-0.3, -0.25) is 10.3 Å². The third kappa shape index (κ3) is 2.48. The van der Waals surface area contributed by atoms with Crippen molar-refractivity contribution in [2.75, 3.05) is 6.54 Å². The first-order valence-corrected chi connectivity index (χ1v) is 3.98. The van der Waals surface area contributed by atoms with Gasteiger partial charge in [0, 0.05) is 12.8 Å². The molecule has 0 spiro atoms. The summed E-state index contributed by atoms with van der Waals surface area (Å²) in [5, 5.41) is 3.33. The molecule has 0 aliphatic carbocycles. The molecule has 1 atom stereocenters. The first-order chi connectivity index (χ1) is 4.93. The molecule has 0 bridgehead atoms. The molecule has 2 nitrogen and oxygen atoms in total. The van der Waals surface area contributed by atoms with Gasteiger partial charge in [0.05, 0.1) is 6.17 Å². The molecule has 0 saturated heterocycles. The fourth-order valence-corrected chi connectivity index (χ4v) is 1.08. The maximum Gasteiger partial charge on any atom is 0.0990 e. The van der Waals surface area contributed by atoms with Crippen LogP contribution in [0.15, 0.2) is 4.99 Å². The van der Waals surface area contributed by atoms with E-state index in [1.165, 1.54) is 6.42 Å². The maximum absolute atomic E-state index is 4.30. The normalized spacial score (nSPS) is 25.1. The average Bonchev–Trinajstić information content (AvgIpc) is 2.03. The minimum Gasteiger partial charge on any atom is -0.295 e. The molecule has 0 fully saturated rings. The molecule has 0 aromatic heterocycles. The first kappa shape index (κ1) is 7.73. The van der Waals surface area contributed by atoms with E-state index in [0.29, 0.717) is 6.17 Å². The van der Waals surface area contributed by atoms with E-state index in [4.69, 9.17) is 0 Å². The second kappa shape index (κ2) is 4.45. The molecule has 0 saturated carbocycles. The smallest absolute Gasteiger partial charge is 0.0990 e. The summed E-state index contributed by atoms with van der Waals surface area (Å²) in [5.41, 5.74) is 0. The lowest BCUT2D eigenvalue weighted by Gasteiger charge is -2.16. The van der Waals surface area contributed by atoms with Crippen LogP contribution in [0.1, 0.15) is 25.7 Å². The van der Waals surface area contributed by atoms with Gasteiger partial charge < -0.3 is 0 Å². The summed E-state index contributed by atoms with van der Waals surface area (Å²) in [6.07, 6.45) is 6.82. The molecule has 1 aliphatic heterocycles. The van der Waals surface area contributed by atoms with Gasteiger partial charge in [-0.1, -0.05) is 13.3 Å². The van der Waals surface area contributed by atoms with E-state index in [1.807, 2.05) is 6.21 Å². The number of rotatable bonds is 3. The first-order valence-electron chi connectivity index (χ1n) is 3.98. The third-order valence-electron chi connectivity index (χ3n) is 1.67. The highest BCUT2D eigenvalue weighted by Crippen LogP contribution is 2.03. The van der Waals surface area contributed by atoms with Crippen LogP contribution in [-0.2, 0) is 0 Å². The average molecular weight is 139 g/mol. The Balaban J connectivity index is 2.13. The molecular weight excluding hydrogens is 124 g/mol. The molecule has 2 heteroatoms. The summed E-state index contributed by atoms with van der Waals surface area (Å²) >= 11 is 0. The van der Waals surface area contributed by atoms with Crippen molar-refractivity contribution in [2.45, 2.75) is 31.8 Å². The van der Waals surface area contributed by atoms with Crippen LogP contribution in [-0.4, -0.2) is 18.9 Å². The van der Waals surface area contributed by atoms with Crippen LogP contribution < -0.4 is 5.32 Å². The highest BCUT2D eigenvalue weighted by Gasteiger charge is 2.05. The minimum absolute atomic E-state index is 0.385. The molecule has 1 radical (unpaired) electrons. The van der Waals surface area contributed by atoms with Crippen LogP contribution in [0.25, 0.3) is 0 Å². The summed E-state index contributed by atoms with van der Waals surface area (Å²) in [7, 11) is 0. The SMILES string of the molecule is [CH2]CCCC1N=CCCN1. The van der Waals surface area contributed by atoms with Crippen LogP contribution in [0.4, 0.5) is 0 Å². The van der Waals surface area contributed by atoms with E-state index in [2.05, 4.69) is 17.2 Å². The zero-order valence-electron chi connectivity index (χ0n) is 6.34. The Morgan fingerprint density at radius 2 is 2.60 bits per heavy atom. The monoisotopic (exact) mass is 139 g/mol. The predicted molar refractivity (Wildman–Crippen MR) is 44.1 cm³/mol. The Bertz CT molecular complexity index is 110. The molecule has 1 unspecified atom stereocenters. The minimum atomic E-state index is 0.385. The summed E-state index contributed by atoms with van der Waals surface area (Å²) in [6, 6.07) is 0. The van der Waals surface area contributed by atoms with Gasteiger partial charge >= 0.3 is 0 Å².